The van der Waals surface area contributed by atoms with E-state index >= 15 is 0 Å². The smallest absolute Gasteiger partial charge is 0.0744 e. The molecule has 2 aliphatic heterocycles. The highest BCUT2D eigenvalue weighted by atomic mass is 15.2. The first-order valence-electron chi connectivity index (χ1n) is 4.54. The molecule has 2 rings (SSSR count). The zero-order valence-electron chi connectivity index (χ0n) is 7.16. The summed E-state index contributed by atoms with van der Waals surface area (Å²) in [6, 6.07) is 0. The molecule has 2 heteroatoms. The second-order valence-corrected chi connectivity index (χ2v) is 4.35. The van der Waals surface area contributed by atoms with Crippen molar-refractivity contribution in [1.82, 2.24) is 0 Å². The number of hydrogen-bond donors (Lipinski definition) is 2. The molecular weight excluding hydrogens is 136 g/mol. The number of quaternary nitrogens is 2. The van der Waals surface area contributed by atoms with Crippen molar-refractivity contribution in [2.45, 2.75) is 12.8 Å². The molecule has 0 saturated carbocycles. The van der Waals surface area contributed by atoms with Gasteiger partial charge in [0.05, 0.1) is 31.6 Å². The zero-order chi connectivity index (χ0) is 7.90. The van der Waals surface area contributed by atoms with E-state index in [1.807, 2.05) is 0 Å². The van der Waals surface area contributed by atoms with Crippen LogP contribution in [0.1, 0.15) is 12.8 Å². The lowest BCUT2D eigenvalue weighted by Gasteiger charge is -2.21. The normalized spacial score (nSPS) is 50.7. The van der Waals surface area contributed by atoms with Crippen molar-refractivity contribution >= 4 is 0 Å². The van der Waals surface area contributed by atoms with Crippen molar-refractivity contribution in [3.8, 4) is 0 Å². The standard InChI is InChI=1S/C9H18N2/c1-10-5-3-9(7-10)4-6-11(2)8-9/h10-11H,1-8H2. The van der Waals surface area contributed by atoms with Crippen molar-refractivity contribution in [2.24, 2.45) is 5.41 Å². The Balaban J connectivity index is 2.02. The summed E-state index contributed by atoms with van der Waals surface area (Å²) < 4.78 is 0. The Morgan fingerprint density at radius 3 is 1.64 bits per heavy atom. The molecule has 2 unspecified atom stereocenters. The molecule has 0 aromatic carbocycles. The van der Waals surface area contributed by atoms with Crippen LogP contribution in [-0.2, 0) is 0 Å². The van der Waals surface area contributed by atoms with E-state index in [2.05, 4.69) is 14.1 Å². The molecule has 2 atom stereocenters. The fourth-order valence-corrected chi connectivity index (χ4v) is 2.66. The fraction of sp³-hybridized carbons (Fsp3) is 0.778. The molecule has 2 saturated heterocycles. The Labute approximate surface area is 69.2 Å². The van der Waals surface area contributed by atoms with E-state index in [0.29, 0.717) is 5.41 Å². The van der Waals surface area contributed by atoms with Crippen molar-refractivity contribution < 1.29 is 9.80 Å². The van der Waals surface area contributed by atoms with Crippen LogP contribution in [0.2, 0.25) is 0 Å². The molecule has 2 aliphatic rings. The van der Waals surface area contributed by atoms with Gasteiger partial charge in [-0.15, -0.1) is 0 Å². The molecule has 11 heavy (non-hydrogen) atoms. The third kappa shape index (κ3) is 1.30. The van der Waals surface area contributed by atoms with Crippen molar-refractivity contribution in [3.05, 3.63) is 14.1 Å². The quantitative estimate of drug-likeness (QED) is 0.378. The summed E-state index contributed by atoms with van der Waals surface area (Å²) in [7, 11) is 8.14. The SMILES string of the molecule is [CH2-][NH+]1CCC2(CC[NH+]([CH2-])C2)C1. The first-order chi connectivity index (χ1) is 5.20. The van der Waals surface area contributed by atoms with E-state index in [-0.39, 0.29) is 0 Å². The summed E-state index contributed by atoms with van der Waals surface area (Å²) >= 11 is 0. The van der Waals surface area contributed by atoms with Gasteiger partial charge in [0.2, 0.25) is 0 Å². The second-order valence-electron chi connectivity index (χ2n) is 4.35. The number of rotatable bonds is 0. The molecule has 0 bridgehead atoms. The van der Waals surface area contributed by atoms with Crippen molar-refractivity contribution in [1.29, 1.82) is 0 Å². The summed E-state index contributed by atoms with van der Waals surface area (Å²) in [5.41, 5.74) is 0.633. The Bertz CT molecular complexity index is 138. The van der Waals surface area contributed by atoms with Gasteiger partial charge in [-0.1, -0.05) is 0 Å². The largest absolute Gasteiger partial charge is 0.467 e. The Hall–Kier alpha value is -0.0800. The Morgan fingerprint density at radius 1 is 0.909 bits per heavy atom. The first kappa shape index (κ1) is 7.56. The second kappa shape index (κ2) is 2.46. The number of nitrogens with one attached hydrogen (secondary N) is 2. The number of hydrogen-bond acceptors (Lipinski definition) is 0. The molecule has 0 aromatic heterocycles. The zero-order valence-corrected chi connectivity index (χ0v) is 7.16. The van der Waals surface area contributed by atoms with Crippen LogP contribution in [0, 0.1) is 19.5 Å². The van der Waals surface area contributed by atoms with Gasteiger partial charge < -0.3 is 9.80 Å². The minimum Gasteiger partial charge on any atom is -0.467 e. The Kier molecular flexibility index (Phi) is 1.69. The van der Waals surface area contributed by atoms with Crippen LogP contribution in [0.5, 0.6) is 0 Å². The molecule has 0 amide bonds. The average Bonchev–Trinajstić information content (AvgIpc) is 2.44. The van der Waals surface area contributed by atoms with Gasteiger partial charge in [-0.2, -0.15) is 14.1 Å². The van der Waals surface area contributed by atoms with Gasteiger partial charge in [-0.05, 0) is 0 Å². The molecule has 1 spiro atoms. The highest BCUT2D eigenvalue weighted by molar-refractivity contribution is 4.84. The van der Waals surface area contributed by atoms with Crippen LogP contribution in [-0.4, -0.2) is 26.2 Å². The number of likely N-dealkylation sites (tertiary alicyclic amines) is 2. The van der Waals surface area contributed by atoms with Crippen molar-refractivity contribution in [2.75, 3.05) is 26.2 Å². The van der Waals surface area contributed by atoms with E-state index in [1.165, 1.54) is 48.8 Å². The van der Waals surface area contributed by atoms with Crippen molar-refractivity contribution in [3.63, 3.8) is 0 Å². The highest BCUT2D eigenvalue weighted by Crippen LogP contribution is 2.27. The molecule has 2 nitrogen and oxygen atoms in total. The summed E-state index contributed by atoms with van der Waals surface area (Å²) in [4.78, 5) is 2.94. The predicted octanol–water partition coefficient (Wildman–Crippen LogP) is -1.87. The molecular formula is C9H18N2. The lowest BCUT2D eigenvalue weighted by Crippen LogP contribution is -3.07. The monoisotopic (exact) mass is 154 g/mol. The summed E-state index contributed by atoms with van der Waals surface area (Å²) in [5, 5.41) is 0. The Morgan fingerprint density at radius 2 is 1.36 bits per heavy atom. The minimum absolute atomic E-state index is 0.633. The van der Waals surface area contributed by atoms with Crippen LogP contribution in [0.3, 0.4) is 0 Å². The summed E-state index contributed by atoms with van der Waals surface area (Å²) in [5.74, 6) is 0. The van der Waals surface area contributed by atoms with Crippen LogP contribution in [0.25, 0.3) is 0 Å². The minimum atomic E-state index is 0.633. The molecule has 2 fully saturated rings. The van der Waals surface area contributed by atoms with Gasteiger partial charge in [0.15, 0.2) is 0 Å². The van der Waals surface area contributed by atoms with E-state index < -0.39 is 0 Å². The maximum atomic E-state index is 4.07. The van der Waals surface area contributed by atoms with Gasteiger partial charge in [0.1, 0.15) is 0 Å². The van der Waals surface area contributed by atoms with Gasteiger partial charge in [0.25, 0.3) is 0 Å². The average molecular weight is 154 g/mol. The maximum Gasteiger partial charge on any atom is 0.0744 e. The summed E-state index contributed by atoms with van der Waals surface area (Å²) in [6.07, 6.45) is 2.76. The lowest BCUT2D eigenvalue weighted by molar-refractivity contribution is -0.856. The van der Waals surface area contributed by atoms with Crippen LogP contribution in [0.4, 0.5) is 0 Å². The topological polar surface area (TPSA) is 8.88 Å². The molecule has 0 aliphatic carbocycles. The van der Waals surface area contributed by atoms with Crippen LogP contribution in [0.15, 0.2) is 0 Å². The van der Waals surface area contributed by atoms with E-state index in [4.69, 9.17) is 0 Å². The molecule has 64 valence electrons. The molecule has 0 radical (unpaired) electrons. The van der Waals surface area contributed by atoms with Gasteiger partial charge in [-0.3, -0.25) is 0 Å². The van der Waals surface area contributed by atoms with Crippen LogP contribution < -0.4 is 9.80 Å². The van der Waals surface area contributed by atoms with E-state index in [0.717, 1.165) is 0 Å². The van der Waals surface area contributed by atoms with Gasteiger partial charge >= 0.3 is 0 Å². The fourth-order valence-electron chi connectivity index (χ4n) is 2.66. The third-order valence-corrected chi connectivity index (χ3v) is 3.27. The lowest BCUT2D eigenvalue weighted by atomic mass is 9.86. The summed E-state index contributed by atoms with van der Waals surface area (Å²) in [6.45, 7) is 5.11. The highest BCUT2D eigenvalue weighted by Gasteiger charge is 2.44. The van der Waals surface area contributed by atoms with Crippen LogP contribution >= 0.6 is 0 Å². The molecule has 0 aromatic rings. The molecule has 2 heterocycles. The molecule has 2 N–H and O–H groups in total. The predicted molar refractivity (Wildman–Crippen MR) is 43.8 cm³/mol. The van der Waals surface area contributed by atoms with E-state index in [9.17, 15) is 0 Å². The van der Waals surface area contributed by atoms with Gasteiger partial charge in [-0.25, -0.2) is 0 Å². The maximum absolute atomic E-state index is 4.07. The van der Waals surface area contributed by atoms with E-state index in [1.54, 1.807) is 0 Å². The van der Waals surface area contributed by atoms with Gasteiger partial charge in [0, 0.05) is 12.8 Å². The third-order valence-electron chi connectivity index (χ3n) is 3.27. The first-order valence-corrected chi connectivity index (χ1v) is 4.54.